The fraction of sp³-hybridized carbons (Fsp3) is 0.174. The summed E-state index contributed by atoms with van der Waals surface area (Å²) in [6.07, 6.45) is 2.01. The maximum atomic E-state index is 12.9. The van der Waals surface area contributed by atoms with Crippen LogP contribution in [0.5, 0.6) is 17.2 Å². The molecule has 2 heterocycles. The van der Waals surface area contributed by atoms with E-state index >= 15 is 0 Å². The summed E-state index contributed by atoms with van der Waals surface area (Å²) in [7, 11) is 1.55. The third-order valence-electron chi connectivity index (χ3n) is 4.84. The summed E-state index contributed by atoms with van der Waals surface area (Å²) >= 11 is 9.12. The van der Waals surface area contributed by atoms with Crippen molar-refractivity contribution in [1.82, 2.24) is 5.16 Å². The van der Waals surface area contributed by atoms with Gasteiger partial charge in [0.25, 0.3) is 0 Å². The second-order valence-corrected chi connectivity index (χ2v) is 8.28. The fourth-order valence-electron chi connectivity index (χ4n) is 3.24. The molecule has 1 aliphatic rings. The van der Waals surface area contributed by atoms with Gasteiger partial charge in [-0.3, -0.25) is 9.59 Å². The Hall–Kier alpha value is -3.10. The van der Waals surface area contributed by atoms with Crippen LogP contribution in [-0.2, 0) is 11.2 Å². The first-order valence-corrected chi connectivity index (χ1v) is 10.8. The number of benzene rings is 2. The van der Waals surface area contributed by atoms with Gasteiger partial charge in [-0.05, 0) is 43.3 Å². The molecule has 0 saturated carbocycles. The van der Waals surface area contributed by atoms with E-state index in [0.717, 1.165) is 4.47 Å². The monoisotopic (exact) mass is 517 g/mol. The summed E-state index contributed by atoms with van der Waals surface area (Å²) in [6, 6.07) is 10.2. The Morgan fingerprint density at radius 2 is 2.00 bits per heavy atom. The van der Waals surface area contributed by atoms with Gasteiger partial charge in [0.2, 0.25) is 5.78 Å². The lowest BCUT2D eigenvalue weighted by molar-refractivity contribution is -0.134. The number of carbonyl (C=O) groups is 2. The average Bonchev–Trinajstić information content (AvgIpc) is 3.32. The molecule has 164 valence electrons. The Morgan fingerprint density at radius 1 is 1.22 bits per heavy atom. The maximum Gasteiger partial charge on any atom is 0.311 e. The summed E-state index contributed by atoms with van der Waals surface area (Å²) in [5.41, 5.74) is 1.64. The largest absolute Gasteiger partial charge is 0.496 e. The average molecular weight is 519 g/mol. The highest BCUT2D eigenvalue weighted by Gasteiger charge is 2.31. The van der Waals surface area contributed by atoms with Crippen molar-refractivity contribution in [3.8, 4) is 17.2 Å². The number of halogens is 2. The molecule has 0 amide bonds. The molecule has 0 radical (unpaired) electrons. The Balaban J connectivity index is 1.52. The SMILES string of the molecule is COc1ccc(Br)cc1/C=C1\Oc2c(ccc(OC(=O)CCc3cc(Cl)no3)c2C)C1=O. The highest BCUT2D eigenvalue weighted by atomic mass is 79.9. The van der Waals surface area contributed by atoms with Crippen LogP contribution in [0.25, 0.3) is 6.08 Å². The van der Waals surface area contributed by atoms with E-state index in [1.165, 1.54) is 0 Å². The first kappa shape index (κ1) is 22.1. The smallest absolute Gasteiger partial charge is 0.311 e. The molecule has 32 heavy (non-hydrogen) atoms. The first-order chi connectivity index (χ1) is 15.4. The van der Waals surface area contributed by atoms with E-state index in [1.54, 1.807) is 44.4 Å². The topological polar surface area (TPSA) is 87.9 Å². The molecular weight excluding hydrogens is 502 g/mol. The molecule has 3 aromatic rings. The number of allylic oxidation sites excluding steroid dienone is 1. The van der Waals surface area contributed by atoms with Crippen LogP contribution in [-0.4, -0.2) is 24.0 Å². The number of ketones is 1. The van der Waals surface area contributed by atoms with Gasteiger partial charge in [0, 0.05) is 28.1 Å². The minimum Gasteiger partial charge on any atom is -0.496 e. The van der Waals surface area contributed by atoms with Crippen LogP contribution >= 0.6 is 27.5 Å². The number of aromatic nitrogens is 1. The Bertz CT molecular complexity index is 1250. The number of fused-ring (bicyclic) bond motifs is 1. The molecule has 0 saturated heterocycles. The molecule has 0 bridgehead atoms. The number of rotatable bonds is 6. The lowest BCUT2D eigenvalue weighted by Crippen LogP contribution is -2.10. The van der Waals surface area contributed by atoms with Crippen molar-refractivity contribution in [3.05, 3.63) is 74.2 Å². The van der Waals surface area contributed by atoms with E-state index in [1.807, 2.05) is 12.1 Å². The fourth-order valence-corrected chi connectivity index (χ4v) is 3.78. The van der Waals surface area contributed by atoms with Crippen molar-refractivity contribution in [2.24, 2.45) is 0 Å². The zero-order valence-electron chi connectivity index (χ0n) is 17.1. The number of hydrogen-bond donors (Lipinski definition) is 0. The molecule has 7 nitrogen and oxygen atoms in total. The molecular formula is C23H17BrClNO6. The number of methoxy groups -OCH3 is 1. The van der Waals surface area contributed by atoms with Crippen LogP contribution in [0.2, 0.25) is 5.15 Å². The van der Waals surface area contributed by atoms with Gasteiger partial charge < -0.3 is 18.7 Å². The lowest BCUT2D eigenvalue weighted by atomic mass is 10.1. The molecule has 1 aliphatic heterocycles. The lowest BCUT2D eigenvalue weighted by Gasteiger charge is -2.10. The Morgan fingerprint density at radius 3 is 2.72 bits per heavy atom. The van der Waals surface area contributed by atoms with Crippen molar-refractivity contribution >= 4 is 45.4 Å². The Kier molecular flexibility index (Phi) is 6.34. The molecule has 0 fully saturated rings. The third kappa shape index (κ3) is 4.56. The van der Waals surface area contributed by atoms with E-state index in [9.17, 15) is 9.59 Å². The second kappa shape index (κ2) is 9.18. The number of esters is 1. The second-order valence-electron chi connectivity index (χ2n) is 6.98. The highest BCUT2D eigenvalue weighted by molar-refractivity contribution is 9.10. The standard InChI is InChI=1S/C23H17BrClNO6/c1-12-17(30-21(27)8-4-15-11-20(25)26-32-15)7-5-16-22(28)19(31-23(12)16)10-13-9-14(24)3-6-18(13)29-2/h3,5-7,9-11H,4,8H2,1-2H3/b19-10-. The number of nitrogens with zero attached hydrogens (tertiary/aromatic N) is 1. The van der Waals surface area contributed by atoms with E-state index < -0.39 is 5.97 Å². The predicted molar refractivity (Wildman–Crippen MR) is 120 cm³/mol. The van der Waals surface area contributed by atoms with Crippen molar-refractivity contribution in [2.45, 2.75) is 19.8 Å². The van der Waals surface area contributed by atoms with Gasteiger partial charge >= 0.3 is 5.97 Å². The molecule has 2 aromatic carbocycles. The van der Waals surface area contributed by atoms with E-state index in [4.69, 9.17) is 30.3 Å². The van der Waals surface area contributed by atoms with Gasteiger partial charge in [0.1, 0.15) is 23.0 Å². The number of ether oxygens (including phenoxy) is 3. The molecule has 4 rings (SSSR count). The van der Waals surface area contributed by atoms with Gasteiger partial charge in [-0.1, -0.05) is 32.7 Å². The first-order valence-electron chi connectivity index (χ1n) is 9.59. The van der Waals surface area contributed by atoms with Crippen LogP contribution < -0.4 is 14.2 Å². The zero-order valence-corrected chi connectivity index (χ0v) is 19.5. The number of carbonyl (C=O) groups excluding carboxylic acids is 2. The molecule has 0 aliphatic carbocycles. The van der Waals surface area contributed by atoms with Crippen molar-refractivity contribution in [3.63, 3.8) is 0 Å². The number of Topliss-reactive ketones (excluding diaryl/α,β-unsaturated/α-hetero) is 1. The maximum absolute atomic E-state index is 12.9. The van der Waals surface area contributed by atoms with Crippen LogP contribution in [0.4, 0.5) is 0 Å². The van der Waals surface area contributed by atoms with Crippen LogP contribution in [0, 0.1) is 6.92 Å². The normalized spacial score (nSPS) is 13.8. The zero-order chi connectivity index (χ0) is 22.8. The molecule has 0 N–H and O–H groups in total. The predicted octanol–water partition coefficient (Wildman–Crippen LogP) is 5.56. The summed E-state index contributed by atoms with van der Waals surface area (Å²) in [4.78, 5) is 25.1. The molecule has 0 spiro atoms. The summed E-state index contributed by atoms with van der Waals surface area (Å²) in [5.74, 6) is 1.22. The van der Waals surface area contributed by atoms with E-state index in [2.05, 4.69) is 21.1 Å². The molecule has 0 atom stereocenters. The van der Waals surface area contributed by atoms with Gasteiger partial charge in [-0.2, -0.15) is 0 Å². The summed E-state index contributed by atoms with van der Waals surface area (Å²) in [5, 5.41) is 3.80. The number of hydrogen-bond acceptors (Lipinski definition) is 7. The summed E-state index contributed by atoms with van der Waals surface area (Å²) < 4.78 is 22.5. The highest BCUT2D eigenvalue weighted by Crippen LogP contribution is 2.40. The van der Waals surface area contributed by atoms with Gasteiger partial charge in [-0.25, -0.2) is 0 Å². The van der Waals surface area contributed by atoms with Crippen molar-refractivity contribution in [1.29, 1.82) is 0 Å². The molecule has 9 heteroatoms. The minimum absolute atomic E-state index is 0.0790. The molecule has 1 aromatic heterocycles. The van der Waals surface area contributed by atoms with Crippen molar-refractivity contribution < 1.29 is 28.3 Å². The van der Waals surface area contributed by atoms with E-state index in [0.29, 0.717) is 46.1 Å². The van der Waals surface area contributed by atoms with E-state index in [-0.39, 0.29) is 23.1 Å². The van der Waals surface area contributed by atoms with Crippen molar-refractivity contribution in [2.75, 3.05) is 7.11 Å². The van der Waals surface area contributed by atoms with Crippen LogP contribution in [0.15, 0.2) is 51.2 Å². The minimum atomic E-state index is -0.459. The molecule has 0 unspecified atom stereocenters. The quantitative estimate of drug-likeness (QED) is 0.240. The Labute approximate surface area is 197 Å². The van der Waals surface area contributed by atoms with Gasteiger partial charge in [0.05, 0.1) is 19.1 Å². The van der Waals surface area contributed by atoms with Crippen LogP contribution in [0.3, 0.4) is 0 Å². The summed E-state index contributed by atoms with van der Waals surface area (Å²) in [6.45, 7) is 1.73. The third-order valence-corrected chi connectivity index (χ3v) is 5.52. The van der Waals surface area contributed by atoms with Gasteiger partial charge in [-0.15, -0.1) is 0 Å². The van der Waals surface area contributed by atoms with Gasteiger partial charge in [0.15, 0.2) is 10.9 Å². The van der Waals surface area contributed by atoms with Crippen LogP contribution in [0.1, 0.15) is 33.7 Å². The number of aryl methyl sites for hydroxylation is 1.